The molecule has 142 valence electrons. The zero-order chi connectivity index (χ0) is 19.7. The molecule has 5 nitrogen and oxygen atoms in total. The van der Waals surface area contributed by atoms with Crippen molar-refractivity contribution in [2.24, 2.45) is 0 Å². The van der Waals surface area contributed by atoms with Gasteiger partial charge in [0.15, 0.2) is 11.5 Å². The van der Waals surface area contributed by atoms with Crippen molar-refractivity contribution >= 4 is 46.2 Å². The third-order valence-electron chi connectivity index (χ3n) is 4.31. The van der Waals surface area contributed by atoms with Crippen molar-refractivity contribution in [1.29, 1.82) is 0 Å². The van der Waals surface area contributed by atoms with Gasteiger partial charge in [-0.05, 0) is 48.9 Å². The summed E-state index contributed by atoms with van der Waals surface area (Å²) in [6, 6.07) is 10.9. The maximum atomic E-state index is 12.3. The number of hydrogen-bond acceptors (Lipinski definition) is 5. The van der Waals surface area contributed by atoms with Crippen LogP contribution in [0.2, 0.25) is 5.02 Å². The lowest BCUT2D eigenvalue weighted by Crippen LogP contribution is -2.03. The second-order valence-corrected chi connectivity index (χ2v) is 7.76. The molecule has 4 rings (SSSR count). The van der Waals surface area contributed by atoms with Crippen LogP contribution in [0, 0.1) is 6.92 Å². The zero-order valence-electron chi connectivity index (χ0n) is 15.3. The number of ether oxygens (including phenoxy) is 2. The number of nitrogens with zero attached hydrogens (tertiary/aromatic N) is 1. The maximum absolute atomic E-state index is 12.3. The molecule has 1 aromatic heterocycles. The van der Waals surface area contributed by atoms with Crippen LogP contribution in [0.15, 0.2) is 41.8 Å². The van der Waals surface area contributed by atoms with Crippen molar-refractivity contribution in [2.75, 3.05) is 12.4 Å². The Morgan fingerprint density at radius 2 is 2.07 bits per heavy atom. The van der Waals surface area contributed by atoms with E-state index in [1.807, 2.05) is 36.6 Å². The van der Waals surface area contributed by atoms with Crippen molar-refractivity contribution < 1.29 is 14.3 Å². The van der Waals surface area contributed by atoms with Gasteiger partial charge < -0.3 is 14.8 Å². The van der Waals surface area contributed by atoms with E-state index in [2.05, 4.69) is 10.3 Å². The van der Waals surface area contributed by atoms with Crippen LogP contribution in [0.4, 0.5) is 5.69 Å². The number of methoxy groups -OCH3 is 1. The maximum Gasteiger partial charge on any atom is 0.256 e. The predicted molar refractivity (Wildman–Crippen MR) is 112 cm³/mol. The van der Waals surface area contributed by atoms with E-state index in [-0.39, 0.29) is 5.91 Å². The van der Waals surface area contributed by atoms with Gasteiger partial charge >= 0.3 is 0 Å². The predicted octanol–water partition coefficient (Wildman–Crippen LogP) is 5.19. The highest BCUT2D eigenvalue weighted by atomic mass is 35.5. The summed E-state index contributed by atoms with van der Waals surface area (Å²) in [6.07, 6.45) is 1.81. The van der Waals surface area contributed by atoms with E-state index < -0.39 is 0 Å². The Labute approximate surface area is 171 Å². The van der Waals surface area contributed by atoms with E-state index in [9.17, 15) is 4.79 Å². The number of rotatable bonds is 5. The molecule has 0 fully saturated rings. The lowest BCUT2D eigenvalue weighted by molar-refractivity contribution is -0.110. The Kier molecular flexibility index (Phi) is 5.07. The van der Waals surface area contributed by atoms with Crippen molar-refractivity contribution in [3.63, 3.8) is 0 Å². The van der Waals surface area contributed by atoms with Crippen molar-refractivity contribution in [3.8, 4) is 11.5 Å². The minimum atomic E-state index is -0.157. The number of carbonyl (C=O) groups excluding carboxylic acids is 1. The van der Waals surface area contributed by atoms with Gasteiger partial charge in [-0.15, -0.1) is 11.3 Å². The third-order valence-corrected chi connectivity index (χ3v) is 5.36. The summed E-state index contributed by atoms with van der Waals surface area (Å²) >= 11 is 7.68. The van der Waals surface area contributed by atoms with Crippen LogP contribution in [-0.2, 0) is 11.4 Å². The third kappa shape index (κ3) is 3.74. The van der Waals surface area contributed by atoms with E-state index in [1.54, 1.807) is 36.6 Å². The van der Waals surface area contributed by atoms with Crippen LogP contribution in [0.1, 0.15) is 21.8 Å². The Balaban J connectivity index is 1.60. The summed E-state index contributed by atoms with van der Waals surface area (Å²) < 4.78 is 11.3. The monoisotopic (exact) mass is 412 g/mol. The molecule has 0 unspecified atom stereocenters. The van der Waals surface area contributed by atoms with Gasteiger partial charge in [-0.2, -0.15) is 0 Å². The lowest BCUT2D eigenvalue weighted by Gasteiger charge is -2.10. The number of carbonyl (C=O) groups is 1. The van der Waals surface area contributed by atoms with Crippen LogP contribution in [0.25, 0.3) is 11.6 Å². The largest absolute Gasteiger partial charge is 0.493 e. The Morgan fingerprint density at radius 1 is 1.21 bits per heavy atom. The molecule has 1 aliphatic rings. The summed E-state index contributed by atoms with van der Waals surface area (Å²) in [5.41, 5.74) is 3.81. The first kappa shape index (κ1) is 18.5. The summed E-state index contributed by atoms with van der Waals surface area (Å²) in [5.74, 6) is 1.05. The fourth-order valence-corrected chi connectivity index (χ4v) is 3.76. The van der Waals surface area contributed by atoms with Crippen molar-refractivity contribution in [3.05, 3.63) is 68.6 Å². The quantitative estimate of drug-likeness (QED) is 0.586. The molecule has 7 heteroatoms. The van der Waals surface area contributed by atoms with Gasteiger partial charge in [-0.1, -0.05) is 17.7 Å². The van der Waals surface area contributed by atoms with Crippen LogP contribution < -0.4 is 14.8 Å². The zero-order valence-corrected chi connectivity index (χ0v) is 16.9. The fourth-order valence-electron chi connectivity index (χ4n) is 2.99. The number of nitrogens with one attached hydrogen (secondary N) is 1. The fraction of sp³-hybridized carbons (Fsp3) is 0.143. The first-order chi connectivity index (χ1) is 13.5. The second kappa shape index (κ2) is 7.66. The van der Waals surface area contributed by atoms with E-state index >= 15 is 0 Å². The highest BCUT2D eigenvalue weighted by molar-refractivity contribution is 7.09. The molecular weight excluding hydrogens is 396 g/mol. The number of amides is 1. The number of aromatic nitrogens is 1. The molecule has 3 aromatic rings. The van der Waals surface area contributed by atoms with Gasteiger partial charge in [0.05, 0.1) is 17.8 Å². The average molecular weight is 413 g/mol. The van der Waals surface area contributed by atoms with Gasteiger partial charge in [0.25, 0.3) is 5.91 Å². The number of anilines is 1. The lowest BCUT2D eigenvalue weighted by atomic mass is 10.0. The molecule has 2 heterocycles. The van der Waals surface area contributed by atoms with Crippen LogP contribution in [-0.4, -0.2) is 18.0 Å². The Bertz CT molecular complexity index is 1090. The number of benzene rings is 2. The first-order valence-electron chi connectivity index (χ1n) is 8.58. The average Bonchev–Trinajstić information content (AvgIpc) is 3.23. The molecule has 1 N–H and O–H groups in total. The van der Waals surface area contributed by atoms with Gasteiger partial charge in [-0.3, -0.25) is 4.79 Å². The number of aryl methyl sites for hydroxylation is 1. The van der Waals surface area contributed by atoms with E-state index in [0.717, 1.165) is 27.5 Å². The minimum absolute atomic E-state index is 0.157. The van der Waals surface area contributed by atoms with Crippen LogP contribution in [0.3, 0.4) is 0 Å². The minimum Gasteiger partial charge on any atom is -0.493 e. The standard InChI is InChI=1S/C21H17ClN2O3S/c1-12-23-15(11-28-12)10-27-19-6-3-13(8-20(19)26-2)7-17-16-9-14(22)4-5-18(16)24-21(17)25/h3-9,11H,10H2,1-2H3,(H,24,25)/b17-7+. The number of halogens is 1. The normalized spacial score (nSPS) is 14.1. The van der Waals surface area contributed by atoms with Gasteiger partial charge in [0.1, 0.15) is 6.61 Å². The molecule has 0 aliphatic carbocycles. The molecule has 0 spiro atoms. The number of thiazole rings is 1. The van der Waals surface area contributed by atoms with Gasteiger partial charge in [0.2, 0.25) is 0 Å². The second-order valence-electron chi connectivity index (χ2n) is 6.26. The summed E-state index contributed by atoms with van der Waals surface area (Å²) in [4.78, 5) is 16.7. The molecule has 1 amide bonds. The SMILES string of the molecule is COc1cc(/C=C2/C(=O)Nc3ccc(Cl)cc32)ccc1OCc1csc(C)n1. The number of fused-ring (bicyclic) bond motifs is 1. The molecule has 2 aromatic carbocycles. The van der Waals surface area contributed by atoms with E-state index in [4.69, 9.17) is 21.1 Å². The van der Waals surface area contributed by atoms with Crippen LogP contribution >= 0.6 is 22.9 Å². The molecule has 0 saturated carbocycles. The van der Waals surface area contributed by atoms with Crippen molar-refractivity contribution in [2.45, 2.75) is 13.5 Å². The molecule has 0 atom stereocenters. The van der Waals surface area contributed by atoms with E-state index in [1.165, 1.54) is 0 Å². The highest BCUT2D eigenvalue weighted by Crippen LogP contribution is 2.36. The Morgan fingerprint density at radius 3 is 2.82 bits per heavy atom. The molecule has 0 bridgehead atoms. The molecular formula is C21H17ClN2O3S. The Hall–Kier alpha value is -2.83. The van der Waals surface area contributed by atoms with Crippen molar-refractivity contribution in [1.82, 2.24) is 4.98 Å². The molecule has 1 aliphatic heterocycles. The highest BCUT2D eigenvalue weighted by Gasteiger charge is 2.24. The van der Waals surface area contributed by atoms with Gasteiger partial charge in [0, 0.05) is 27.2 Å². The number of hydrogen-bond donors (Lipinski definition) is 1. The van der Waals surface area contributed by atoms with Gasteiger partial charge in [-0.25, -0.2) is 4.98 Å². The summed E-state index contributed by atoms with van der Waals surface area (Å²) in [5, 5.41) is 6.41. The summed E-state index contributed by atoms with van der Waals surface area (Å²) in [6.45, 7) is 2.33. The topological polar surface area (TPSA) is 60.5 Å². The van der Waals surface area contributed by atoms with Crippen LogP contribution in [0.5, 0.6) is 11.5 Å². The smallest absolute Gasteiger partial charge is 0.256 e. The molecule has 0 radical (unpaired) electrons. The van der Waals surface area contributed by atoms with E-state index in [0.29, 0.717) is 28.7 Å². The summed E-state index contributed by atoms with van der Waals surface area (Å²) in [7, 11) is 1.59. The first-order valence-corrected chi connectivity index (χ1v) is 9.84. The molecule has 0 saturated heterocycles. The molecule has 28 heavy (non-hydrogen) atoms.